The van der Waals surface area contributed by atoms with Crippen molar-refractivity contribution >= 4 is 5.97 Å². The van der Waals surface area contributed by atoms with Gasteiger partial charge < -0.3 is 9.72 Å². The molecule has 0 bridgehead atoms. The highest BCUT2D eigenvalue weighted by Crippen LogP contribution is 1.96. The van der Waals surface area contributed by atoms with Crippen LogP contribution in [0, 0.1) is 0 Å². The average molecular weight is 194 g/mol. The van der Waals surface area contributed by atoms with Crippen LogP contribution in [-0.2, 0) is 4.74 Å². The normalized spacial score (nSPS) is 11.4. The molecule has 0 amide bonds. The van der Waals surface area contributed by atoms with E-state index in [1.807, 2.05) is 6.92 Å². The van der Waals surface area contributed by atoms with Gasteiger partial charge in [-0.1, -0.05) is 0 Å². The van der Waals surface area contributed by atoms with Crippen LogP contribution in [0.5, 0.6) is 0 Å². The number of hydrogen-bond donors (Lipinski definition) is 1. The predicted molar refractivity (Wildman–Crippen MR) is 52.9 cm³/mol. The Hall–Kier alpha value is -1.58. The van der Waals surface area contributed by atoms with E-state index in [4.69, 9.17) is 4.74 Å². The number of nitrogens with zero attached hydrogens (tertiary/aromatic N) is 1. The topological polar surface area (TPSA) is 54.4 Å². The van der Waals surface area contributed by atoms with Crippen LogP contribution in [0.15, 0.2) is 23.3 Å². The molecule has 4 heteroatoms. The van der Waals surface area contributed by atoms with Crippen molar-refractivity contribution in [3.8, 4) is 0 Å². The highest BCUT2D eigenvalue weighted by Gasteiger charge is 2.04. The van der Waals surface area contributed by atoms with Gasteiger partial charge in [-0.3, -0.25) is 4.99 Å². The maximum Gasteiger partial charge on any atom is 0.338 e. The highest BCUT2D eigenvalue weighted by molar-refractivity contribution is 5.89. The first-order valence-corrected chi connectivity index (χ1v) is 4.64. The SMILES string of the molecule is CC/N=c1/cc(C(=O)OCC)cc[nH]1. The zero-order valence-electron chi connectivity index (χ0n) is 8.41. The van der Waals surface area contributed by atoms with Crippen LogP contribution >= 0.6 is 0 Å². The Morgan fingerprint density at radius 2 is 2.36 bits per heavy atom. The van der Waals surface area contributed by atoms with E-state index in [1.165, 1.54) is 0 Å². The summed E-state index contributed by atoms with van der Waals surface area (Å²) in [5.74, 6) is -0.311. The average Bonchev–Trinajstić information content (AvgIpc) is 2.19. The summed E-state index contributed by atoms with van der Waals surface area (Å²) < 4.78 is 4.87. The third kappa shape index (κ3) is 2.73. The summed E-state index contributed by atoms with van der Waals surface area (Å²) in [7, 11) is 0. The summed E-state index contributed by atoms with van der Waals surface area (Å²) in [6.07, 6.45) is 1.68. The number of hydrogen-bond acceptors (Lipinski definition) is 3. The molecule has 0 saturated heterocycles. The van der Waals surface area contributed by atoms with E-state index in [0.717, 1.165) is 0 Å². The number of carbonyl (C=O) groups is 1. The molecule has 0 aromatic carbocycles. The van der Waals surface area contributed by atoms with Crippen LogP contribution in [0.1, 0.15) is 24.2 Å². The van der Waals surface area contributed by atoms with Gasteiger partial charge in [0.05, 0.1) is 12.2 Å². The lowest BCUT2D eigenvalue weighted by molar-refractivity contribution is 0.0526. The lowest BCUT2D eigenvalue weighted by Crippen LogP contribution is -2.12. The number of aromatic amines is 1. The zero-order valence-corrected chi connectivity index (χ0v) is 8.41. The van der Waals surface area contributed by atoms with E-state index in [9.17, 15) is 4.79 Å². The van der Waals surface area contributed by atoms with E-state index in [-0.39, 0.29) is 5.97 Å². The van der Waals surface area contributed by atoms with E-state index >= 15 is 0 Å². The number of esters is 1. The van der Waals surface area contributed by atoms with Gasteiger partial charge in [0, 0.05) is 12.7 Å². The monoisotopic (exact) mass is 194 g/mol. The van der Waals surface area contributed by atoms with E-state index in [0.29, 0.717) is 24.2 Å². The van der Waals surface area contributed by atoms with E-state index in [2.05, 4.69) is 9.98 Å². The van der Waals surface area contributed by atoms with Crippen LogP contribution < -0.4 is 5.49 Å². The fourth-order valence-corrected chi connectivity index (χ4v) is 1.06. The Morgan fingerprint density at radius 3 is 3.00 bits per heavy atom. The molecule has 14 heavy (non-hydrogen) atoms. The molecule has 0 radical (unpaired) electrons. The summed E-state index contributed by atoms with van der Waals surface area (Å²) in [4.78, 5) is 18.4. The van der Waals surface area contributed by atoms with Gasteiger partial charge in [-0.05, 0) is 26.0 Å². The molecule has 1 rings (SSSR count). The second-order valence-corrected chi connectivity index (χ2v) is 2.66. The third-order valence-electron chi connectivity index (χ3n) is 1.63. The minimum atomic E-state index is -0.311. The number of carbonyl (C=O) groups excluding carboxylic acids is 1. The van der Waals surface area contributed by atoms with Crippen molar-refractivity contribution in [1.29, 1.82) is 0 Å². The molecule has 0 fully saturated rings. The van der Waals surface area contributed by atoms with Crippen LogP contribution in [0.4, 0.5) is 0 Å². The summed E-state index contributed by atoms with van der Waals surface area (Å²) in [5, 5.41) is 0. The highest BCUT2D eigenvalue weighted by atomic mass is 16.5. The predicted octanol–water partition coefficient (Wildman–Crippen LogP) is 1.11. The van der Waals surface area contributed by atoms with Crippen LogP contribution in [0.2, 0.25) is 0 Å². The lowest BCUT2D eigenvalue weighted by Gasteiger charge is -2.00. The van der Waals surface area contributed by atoms with E-state index in [1.54, 1.807) is 25.3 Å². The Balaban J connectivity index is 2.94. The number of aromatic nitrogens is 1. The molecule has 1 N–H and O–H groups in total. The molecule has 4 nitrogen and oxygen atoms in total. The van der Waals surface area contributed by atoms with Crippen LogP contribution in [0.25, 0.3) is 0 Å². The summed E-state index contributed by atoms with van der Waals surface area (Å²) in [6, 6.07) is 3.36. The fourth-order valence-electron chi connectivity index (χ4n) is 1.06. The molecule has 1 aromatic rings. The second kappa shape index (κ2) is 5.21. The number of rotatable bonds is 3. The first-order valence-electron chi connectivity index (χ1n) is 4.64. The Morgan fingerprint density at radius 1 is 1.57 bits per heavy atom. The quantitative estimate of drug-likeness (QED) is 0.733. The van der Waals surface area contributed by atoms with Crippen LogP contribution in [0.3, 0.4) is 0 Å². The van der Waals surface area contributed by atoms with Gasteiger partial charge in [-0.2, -0.15) is 0 Å². The maximum absolute atomic E-state index is 11.3. The molecular weight excluding hydrogens is 180 g/mol. The minimum Gasteiger partial charge on any atom is -0.462 e. The number of nitrogens with one attached hydrogen (secondary N) is 1. The second-order valence-electron chi connectivity index (χ2n) is 2.66. The van der Waals surface area contributed by atoms with Gasteiger partial charge in [-0.15, -0.1) is 0 Å². The van der Waals surface area contributed by atoms with Crippen molar-refractivity contribution < 1.29 is 9.53 Å². The van der Waals surface area contributed by atoms with Crippen molar-refractivity contribution in [3.05, 3.63) is 29.4 Å². The van der Waals surface area contributed by atoms with Crippen molar-refractivity contribution in [2.24, 2.45) is 4.99 Å². The Kier molecular flexibility index (Phi) is 3.91. The van der Waals surface area contributed by atoms with Crippen molar-refractivity contribution in [3.63, 3.8) is 0 Å². The number of ether oxygens (including phenoxy) is 1. The number of pyridine rings is 1. The molecule has 0 aliphatic heterocycles. The molecule has 0 unspecified atom stereocenters. The zero-order chi connectivity index (χ0) is 10.4. The molecular formula is C10H14N2O2. The molecule has 0 aliphatic rings. The fraction of sp³-hybridized carbons (Fsp3) is 0.400. The molecule has 0 spiro atoms. The molecule has 0 aliphatic carbocycles. The molecule has 1 aromatic heterocycles. The van der Waals surface area contributed by atoms with Crippen molar-refractivity contribution in [1.82, 2.24) is 4.98 Å². The minimum absolute atomic E-state index is 0.311. The molecule has 1 heterocycles. The maximum atomic E-state index is 11.3. The first kappa shape index (κ1) is 10.5. The van der Waals surface area contributed by atoms with Gasteiger partial charge in [0.2, 0.25) is 0 Å². The standard InChI is InChI=1S/C10H14N2O2/c1-3-11-9-7-8(5-6-12-9)10(13)14-4-2/h5-7H,3-4H2,1-2H3,(H,11,12). The number of H-pyrrole nitrogens is 1. The molecule has 0 saturated carbocycles. The summed E-state index contributed by atoms with van der Waals surface area (Å²) in [5.41, 5.74) is 1.22. The molecule has 0 atom stereocenters. The van der Waals surface area contributed by atoms with Crippen molar-refractivity contribution in [2.75, 3.05) is 13.2 Å². The van der Waals surface area contributed by atoms with Gasteiger partial charge in [0.15, 0.2) is 0 Å². The van der Waals surface area contributed by atoms with Crippen molar-refractivity contribution in [2.45, 2.75) is 13.8 Å². The molecule has 76 valence electrons. The summed E-state index contributed by atoms with van der Waals surface area (Å²) >= 11 is 0. The first-order chi connectivity index (χ1) is 6.77. The van der Waals surface area contributed by atoms with Gasteiger partial charge in [-0.25, -0.2) is 4.79 Å². The van der Waals surface area contributed by atoms with E-state index < -0.39 is 0 Å². The Bertz CT molecular complexity index is 368. The van der Waals surface area contributed by atoms with Crippen LogP contribution in [-0.4, -0.2) is 24.1 Å². The van der Waals surface area contributed by atoms with Gasteiger partial charge in [0.25, 0.3) is 0 Å². The third-order valence-corrected chi connectivity index (χ3v) is 1.63. The largest absolute Gasteiger partial charge is 0.462 e. The van der Waals surface area contributed by atoms with Gasteiger partial charge in [0.1, 0.15) is 5.49 Å². The smallest absolute Gasteiger partial charge is 0.338 e. The Labute approximate surface area is 82.6 Å². The summed E-state index contributed by atoms with van der Waals surface area (Å²) in [6.45, 7) is 4.79. The lowest BCUT2D eigenvalue weighted by atomic mass is 10.3. The van der Waals surface area contributed by atoms with Gasteiger partial charge >= 0.3 is 5.97 Å².